The summed E-state index contributed by atoms with van der Waals surface area (Å²) >= 11 is 0. The molecule has 1 aromatic carbocycles. The van der Waals surface area contributed by atoms with E-state index < -0.39 is 15.5 Å². The van der Waals surface area contributed by atoms with Gasteiger partial charge in [-0.25, -0.2) is 0 Å². The number of nitrogens with zero attached hydrogens (tertiary/aromatic N) is 1. The summed E-state index contributed by atoms with van der Waals surface area (Å²) in [6.07, 6.45) is 4.07. The van der Waals surface area contributed by atoms with Crippen LogP contribution in [0.15, 0.2) is 30.0 Å². The number of benzene rings is 1. The van der Waals surface area contributed by atoms with E-state index in [-0.39, 0.29) is 12.2 Å². The maximum Gasteiger partial charge on any atom is 0.516 e. The van der Waals surface area contributed by atoms with E-state index in [0.717, 1.165) is 30.4 Å². The molecule has 0 N–H and O–H groups in total. The molecule has 0 aromatic heterocycles. The zero-order valence-electron chi connectivity index (χ0n) is 16.6. The van der Waals surface area contributed by atoms with E-state index in [1.54, 1.807) is 13.8 Å². The molecule has 0 atom stereocenters. The first kappa shape index (κ1) is 23.5. The second-order valence-electron chi connectivity index (χ2n) is 6.77. The molecule has 27 heavy (non-hydrogen) atoms. The van der Waals surface area contributed by atoms with Crippen LogP contribution in [-0.4, -0.2) is 24.8 Å². The van der Waals surface area contributed by atoms with Gasteiger partial charge in [0.05, 0.1) is 0 Å². The van der Waals surface area contributed by atoms with Gasteiger partial charge < -0.3 is 0 Å². The first-order valence-electron chi connectivity index (χ1n) is 9.42. The molecule has 0 heterocycles. The minimum absolute atomic E-state index is 0.186. The zero-order chi connectivity index (χ0) is 20.7. The molecule has 7 heteroatoms. The fraction of sp³-hybridized carbons (Fsp3) is 0.600. The normalized spacial score (nSPS) is 13.4. The molecule has 0 unspecified atom stereocenters. The molecular formula is C20H30F3NO2S. The largest absolute Gasteiger partial charge is 0.516 e. The van der Waals surface area contributed by atoms with Crippen LogP contribution in [0.4, 0.5) is 13.2 Å². The van der Waals surface area contributed by atoms with Gasteiger partial charge in [-0.05, 0) is 44.2 Å². The summed E-state index contributed by atoms with van der Waals surface area (Å²) in [7, 11) is -5.43. The Bertz CT molecular complexity index is 723. The van der Waals surface area contributed by atoms with Crippen molar-refractivity contribution in [1.29, 1.82) is 0 Å². The number of allylic oxidation sites excluding steroid dienone is 2. The molecule has 3 nitrogen and oxygen atoms in total. The molecule has 0 saturated carbocycles. The molecular weight excluding hydrogens is 375 g/mol. The van der Waals surface area contributed by atoms with Crippen molar-refractivity contribution < 1.29 is 21.6 Å². The van der Waals surface area contributed by atoms with E-state index in [0.29, 0.717) is 29.1 Å². The summed E-state index contributed by atoms with van der Waals surface area (Å²) in [6.45, 7) is 7.16. The summed E-state index contributed by atoms with van der Waals surface area (Å²) in [4.78, 5) is 0. The maximum absolute atomic E-state index is 13.3. The molecule has 0 saturated heterocycles. The molecule has 154 valence electrons. The van der Waals surface area contributed by atoms with Crippen molar-refractivity contribution in [2.45, 2.75) is 71.7 Å². The fourth-order valence-corrected chi connectivity index (χ4v) is 4.11. The molecule has 0 aliphatic heterocycles. The van der Waals surface area contributed by atoms with Gasteiger partial charge in [-0.2, -0.15) is 21.6 Å². The Kier molecular flexibility index (Phi) is 8.85. The third-order valence-electron chi connectivity index (χ3n) is 4.49. The summed E-state index contributed by atoms with van der Waals surface area (Å²) in [6, 6.07) is 7.38. The average Bonchev–Trinajstić information content (AvgIpc) is 2.59. The molecule has 0 aliphatic rings. The van der Waals surface area contributed by atoms with Crippen molar-refractivity contribution in [3.05, 3.63) is 41.1 Å². The SMILES string of the molecule is CCCCCC/C(=C(\C)c1ccc(C)cc1)N(CCC)S(=O)(=O)C(F)(F)F. The standard InChI is InChI=1S/C20H30F3NO2S/c1-5-7-8-9-10-19(17(4)18-13-11-16(3)12-14-18)24(15-6-2)27(25,26)20(21,22)23/h11-14H,5-10,15H2,1-4H3/b19-17-. The van der Waals surface area contributed by atoms with Gasteiger partial charge in [0.1, 0.15) is 0 Å². The molecule has 0 spiro atoms. The second-order valence-corrected chi connectivity index (χ2v) is 8.63. The van der Waals surface area contributed by atoms with Crippen LogP contribution >= 0.6 is 0 Å². The third-order valence-corrected chi connectivity index (χ3v) is 6.06. The van der Waals surface area contributed by atoms with E-state index >= 15 is 0 Å². The van der Waals surface area contributed by atoms with E-state index in [4.69, 9.17) is 0 Å². The number of aryl methyl sites for hydroxylation is 1. The van der Waals surface area contributed by atoms with Crippen LogP contribution < -0.4 is 0 Å². The number of rotatable bonds is 10. The highest BCUT2D eigenvalue weighted by Crippen LogP contribution is 2.34. The molecule has 0 fully saturated rings. The van der Waals surface area contributed by atoms with E-state index in [2.05, 4.69) is 0 Å². The Labute approximate surface area is 161 Å². The number of hydrogen-bond donors (Lipinski definition) is 0. The summed E-state index contributed by atoms with van der Waals surface area (Å²) in [5.74, 6) is 0. The van der Waals surface area contributed by atoms with Crippen LogP contribution in [-0.2, 0) is 10.0 Å². The maximum atomic E-state index is 13.3. The smallest absolute Gasteiger partial charge is 0.266 e. The van der Waals surface area contributed by atoms with Gasteiger partial charge in [0, 0.05) is 12.2 Å². The predicted octanol–water partition coefficient (Wildman–Crippen LogP) is 6.26. The molecule has 0 radical (unpaired) electrons. The Balaban J connectivity index is 3.44. The lowest BCUT2D eigenvalue weighted by atomic mass is 10.0. The monoisotopic (exact) mass is 405 g/mol. The lowest BCUT2D eigenvalue weighted by Crippen LogP contribution is -2.41. The highest BCUT2D eigenvalue weighted by molar-refractivity contribution is 7.90. The van der Waals surface area contributed by atoms with Crippen molar-refractivity contribution in [3.8, 4) is 0 Å². The first-order valence-corrected chi connectivity index (χ1v) is 10.9. The Morgan fingerprint density at radius 3 is 2.07 bits per heavy atom. The number of unbranched alkanes of at least 4 members (excludes halogenated alkanes) is 3. The van der Waals surface area contributed by atoms with Crippen molar-refractivity contribution in [2.24, 2.45) is 0 Å². The Morgan fingerprint density at radius 1 is 1.00 bits per heavy atom. The lowest BCUT2D eigenvalue weighted by molar-refractivity contribution is -0.0481. The number of sulfonamides is 1. The molecule has 1 rings (SSSR count). The van der Waals surface area contributed by atoms with Crippen LogP contribution in [0.25, 0.3) is 5.57 Å². The fourth-order valence-electron chi connectivity index (χ4n) is 2.92. The average molecular weight is 406 g/mol. The van der Waals surface area contributed by atoms with Crippen LogP contribution in [0.3, 0.4) is 0 Å². The van der Waals surface area contributed by atoms with Crippen molar-refractivity contribution in [1.82, 2.24) is 4.31 Å². The second kappa shape index (κ2) is 10.2. The van der Waals surface area contributed by atoms with Crippen molar-refractivity contribution >= 4 is 15.6 Å². The van der Waals surface area contributed by atoms with Gasteiger partial charge in [-0.1, -0.05) is 62.9 Å². The quantitative estimate of drug-likeness (QED) is 0.431. The van der Waals surface area contributed by atoms with Crippen LogP contribution in [0.2, 0.25) is 0 Å². The van der Waals surface area contributed by atoms with Gasteiger partial charge in [-0.3, -0.25) is 4.31 Å². The Hall–Kier alpha value is -1.50. The van der Waals surface area contributed by atoms with Gasteiger partial charge in [0.25, 0.3) is 0 Å². The van der Waals surface area contributed by atoms with Crippen molar-refractivity contribution in [3.63, 3.8) is 0 Å². The minimum atomic E-state index is -5.43. The van der Waals surface area contributed by atoms with E-state index in [1.165, 1.54) is 0 Å². The molecule has 1 aromatic rings. The molecule has 0 amide bonds. The topological polar surface area (TPSA) is 37.4 Å². The summed E-state index contributed by atoms with van der Waals surface area (Å²) < 4.78 is 64.9. The molecule has 0 bridgehead atoms. The minimum Gasteiger partial charge on any atom is -0.266 e. The Morgan fingerprint density at radius 2 is 1.59 bits per heavy atom. The van der Waals surface area contributed by atoms with Gasteiger partial charge in [0.2, 0.25) is 0 Å². The molecule has 0 aliphatic carbocycles. The number of hydrogen-bond acceptors (Lipinski definition) is 2. The van der Waals surface area contributed by atoms with Gasteiger partial charge >= 0.3 is 15.5 Å². The van der Waals surface area contributed by atoms with E-state index in [1.807, 2.05) is 38.1 Å². The van der Waals surface area contributed by atoms with Gasteiger partial charge in [0.15, 0.2) is 0 Å². The summed E-state index contributed by atoms with van der Waals surface area (Å²) in [5, 5.41) is 0. The van der Waals surface area contributed by atoms with Gasteiger partial charge in [-0.15, -0.1) is 0 Å². The number of halogens is 3. The van der Waals surface area contributed by atoms with Crippen molar-refractivity contribution in [2.75, 3.05) is 6.54 Å². The highest BCUT2D eigenvalue weighted by Gasteiger charge is 2.50. The number of alkyl halides is 3. The summed E-state index contributed by atoms with van der Waals surface area (Å²) in [5.41, 5.74) is -2.72. The lowest BCUT2D eigenvalue weighted by Gasteiger charge is -2.29. The zero-order valence-corrected chi connectivity index (χ0v) is 17.4. The highest BCUT2D eigenvalue weighted by atomic mass is 32.2. The predicted molar refractivity (Wildman–Crippen MR) is 105 cm³/mol. The van der Waals surface area contributed by atoms with Crippen LogP contribution in [0.5, 0.6) is 0 Å². The van der Waals surface area contributed by atoms with Crippen LogP contribution in [0.1, 0.15) is 70.4 Å². The third kappa shape index (κ3) is 6.26. The van der Waals surface area contributed by atoms with E-state index in [9.17, 15) is 21.6 Å². The van der Waals surface area contributed by atoms with Crippen LogP contribution in [0, 0.1) is 6.92 Å². The first-order chi connectivity index (χ1) is 12.6.